The molecule has 2 aromatic rings. The lowest BCUT2D eigenvalue weighted by atomic mass is 10.0. The van der Waals surface area contributed by atoms with Crippen LogP contribution in [0, 0.1) is 0 Å². The molecule has 19 heavy (non-hydrogen) atoms. The molecular formula is C16H16O3. The van der Waals surface area contributed by atoms with Crippen molar-refractivity contribution in [2.45, 2.75) is 13.0 Å². The number of carbonyl (C=O) groups is 1. The zero-order valence-corrected chi connectivity index (χ0v) is 10.8. The third-order valence-electron chi connectivity index (χ3n) is 2.96. The Kier molecular flexibility index (Phi) is 4.31. The van der Waals surface area contributed by atoms with E-state index in [2.05, 4.69) is 4.74 Å². The zero-order chi connectivity index (χ0) is 13.7. The Morgan fingerprint density at radius 1 is 1.05 bits per heavy atom. The molecule has 1 N–H and O–H groups in total. The summed E-state index contributed by atoms with van der Waals surface area (Å²) in [6.45, 7) is 0.0507. The van der Waals surface area contributed by atoms with Crippen molar-refractivity contribution in [1.29, 1.82) is 0 Å². The maximum Gasteiger partial charge on any atom is 0.337 e. The molecule has 0 heterocycles. The summed E-state index contributed by atoms with van der Waals surface area (Å²) in [5.74, 6) is -0.325. The van der Waals surface area contributed by atoms with Crippen molar-refractivity contribution >= 4 is 5.97 Å². The third kappa shape index (κ3) is 3.42. The number of esters is 1. The molecule has 0 saturated heterocycles. The number of benzene rings is 2. The fourth-order valence-electron chi connectivity index (χ4n) is 1.95. The second-order valence-electron chi connectivity index (χ2n) is 4.34. The Hall–Kier alpha value is -2.13. The second-order valence-corrected chi connectivity index (χ2v) is 4.34. The van der Waals surface area contributed by atoms with Gasteiger partial charge in [-0.15, -0.1) is 0 Å². The summed E-state index contributed by atoms with van der Waals surface area (Å²) in [4.78, 5) is 11.3. The molecule has 98 valence electrons. The molecule has 0 aliphatic carbocycles. The van der Waals surface area contributed by atoms with Gasteiger partial charge in [0.25, 0.3) is 0 Å². The van der Waals surface area contributed by atoms with Crippen LogP contribution in [0.1, 0.15) is 27.0 Å². The average Bonchev–Trinajstić information content (AvgIpc) is 2.47. The molecule has 0 spiro atoms. The Balaban J connectivity index is 2.12. The largest absolute Gasteiger partial charge is 0.465 e. The number of hydrogen-bond donors (Lipinski definition) is 1. The van der Waals surface area contributed by atoms with Crippen LogP contribution in [0.25, 0.3) is 0 Å². The Bertz CT molecular complexity index is 558. The van der Waals surface area contributed by atoms with Crippen LogP contribution in [0.2, 0.25) is 0 Å². The minimum atomic E-state index is -0.325. The number of methoxy groups -OCH3 is 1. The maximum absolute atomic E-state index is 11.3. The maximum atomic E-state index is 11.3. The minimum Gasteiger partial charge on any atom is -0.465 e. The molecule has 2 aromatic carbocycles. The monoisotopic (exact) mass is 256 g/mol. The van der Waals surface area contributed by atoms with Crippen molar-refractivity contribution in [3.8, 4) is 0 Å². The van der Waals surface area contributed by atoms with Crippen LogP contribution in [-0.4, -0.2) is 18.2 Å². The SMILES string of the molecule is COC(=O)c1ccc(Cc2cccc(CO)c2)cc1. The molecule has 0 unspecified atom stereocenters. The highest BCUT2D eigenvalue weighted by Crippen LogP contribution is 2.13. The molecule has 0 bridgehead atoms. The minimum absolute atomic E-state index is 0.0507. The van der Waals surface area contributed by atoms with E-state index in [-0.39, 0.29) is 12.6 Å². The second kappa shape index (κ2) is 6.16. The molecule has 3 heteroatoms. The van der Waals surface area contributed by atoms with Crippen LogP contribution in [0.15, 0.2) is 48.5 Å². The summed E-state index contributed by atoms with van der Waals surface area (Å²) in [6.07, 6.45) is 0.773. The van der Waals surface area contributed by atoms with E-state index in [1.165, 1.54) is 7.11 Å². The summed E-state index contributed by atoms with van der Waals surface area (Å²) < 4.78 is 4.66. The van der Waals surface area contributed by atoms with E-state index in [1.54, 1.807) is 12.1 Å². The van der Waals surface area contributed by atoms with Crippen molar-refractivity contribution in [3.63, 3.8) is 0 Å². The quantitative estimate of drug-likeness (QED) is 0.855. The lowest BCUT2D eigenvalue weighted by Gasteiger charge is -2.05. The van der Waals surface area contributed by atoms with E-state index in [4.69, 9.17) is 5.11 Å². The highest BCUT2D eigenvalue weighted by Gasteiger charge is 2.04. The Morgan fingerprint density at radius 3 is 2.37 bits per heavy atom. The van der Waals surface area contributed by atoms with Crippen LogP contribution in [0.4, 0.5) is 0 Å². The number of aliphatic hydroxyl groups is 1. The molecule has 0 fully saturated rings. The predicted molar refractivity (Wildman–Crippen MR) is 73.0 cm³/mol. The van der Waals surface area contributed by atoms with Gasteiger partial charge in [-0.3, -0.25) is 0 Å². The summed E-state index contributed by atoms with van der Waals surface area (Å²) in [7, 11) is 1.37. The van der Waals surface area contributed by atoms with Crippen molar-refractivity contribution in [3.05, 3.63) is 70.8 Å². The van der Waals surface area contributed by atoms with Crippen molar-refractivity contribution in [2.24, 2.45) is 0 Å². The summed E-state index contributed by atoms with van der Waals surface area (Å²) in [5, 5.41) is 9.10. The van der Waals surface area contributed by atoms with Crippen LogP contribution in [0.5, 0.6) is 0 Å². The average molecular weight is 256 g/mol. The fraction of sp³-hybridized carbons (Fsp3) is 0.188. The fourth-order valence-corrected chi connectivity index (χ4v) is 1.95. The summed E-state index contributed by atoms with van der Waals surface area (Å²) >= 11 is 0. The standard InChI is InChI=1S/C16H16O3/c1-19-16(18)15-7-5-12(6-8-15)9-13-3-2-4-14(10-13)11-17/h2-8,10,17H,9,11H2,1H3. The Labute approximate surface area is 112 Å². The lowest BCUT2D eigenvalue weighted by Crippen LogP contribution is -2.01. The first-order chi connectivity index (χ1) is 9.22. The number of ether oxygens (including phenoxy) is 1. The highest BCUT2D eigenvalue weighted by atomic mass is 16.5. The molecule has 0 saturated carbocycles. The number of aliphatic hydroxyl groups excluding tert-OH is 1. The van der Waals surface area contributed by atoms with Crippen molar-refractivity contribution in [2.75, 3.05) is 7.11 Å². The van der Waals surface area contributed by atoms with Gasteiger partial charge in [-0.25, -0.2) is 4.79 Å². The molecule has 3 nitrogen and oxygen atoms in total. The van der Waals surface area contributed by atoms with Gasteiger partial charge in [0, 0.05) is 0 Å². The normalized spacial score (nSPS) is 10.2. The third-order valence-corrected chi connectivity index (χ3v) is 2.96. The molecule has 2 rings (SSSR count). The van der Waals surface area contributed by atoms with Gasteiger partial charge in [0.2, 0.25) is 0 Å². The van der Waals surface area contributed by atoms with Gasteiger partial charge in [0.15, 0.2) is 0 Å². The van der Waals surface area contributed by atoms with E-state index in [0.717, 1.165) is 23.1 Å². The molecule has 0 aromatic heterocycles. The lowest BCUT2D eigenvalue weighted by molar-refractivity contribution is 0.0600. The molecule has 0 aliphatic rings. The highest BCUT2D eigenvalue weighted by molar-refractivity contribution is 5.89. The number of rotatable bonds is 4. The van der Waals surface area contributed by atoms with E-state index in [9.17, 15) is 4.79 Å². The van der Waals surface area contributed by atoms with Crippen molar-refractivity contribution < 1.29 is 14.6 Å². The molecule has 0 amide bonds. The number of hydrogen-bond acceptors (Lipinski definition) is 3. The van der Waals surface area contributed by atoms with Gasteiger partial charge in [0.05, 0.1) is 19.3 Å². The van der Waals surface area contributed by atoms with Crippen molar-refractivity contribution in [1.82, 2.24) is 0 Å². The van der Waals surface area contributed by atoms with Gasteiger partial charge in [-0.1, -0.05) is 36.4 Å². The zero-order valence-electron chi connectivity index (χ0n) is 10.8. The van der Waals surface area contributed by atoms with E-state index >= 15 is 0 Å². The number of carbonyl (C=O) groups excluding carboxylic acids is 1. The molecule has 0 atom stereocenters. The predicted octanol–water partition coefficient (Wildman–Crippen LogP) is 2.56. The van der Waals surface area contributed by atoms with Crippen LogP contribution >= 0.6 is 0 Å². The first-order valence-electron chi connectivity index (χ1n) is 6.09. The first kappa shape index (κ1) is 13.3. The van der Waals surface area contributed by atoms with Gasteiger partial charge in [0.1, 0.15) is 0 Å². The van der Waals surface area contributed by atoms with Gasteiger partial charge >= 0.3 is 5.97 Å². The van der Waals surface area contributed by atoms with Crippen LogP contribution < -0.4 is 0 Å². The van der Waals surface area contributed by atoms with Gasteiger partial charge < -0.3 is 9.84 Å². The molecular weight excluding hydrogens is 240 g/mol. The first-order valence-corrected chi connectivity index (χ1v) is 6.09. The van der Waals surface area contributed by atoms with Gasteiger partial charge in [-0.05, 0) is 35.2 Å². The van der Waals surface area contributed by atoms with Crippen LogP contribution in [-0.2, 0) is 17.8 Å². The Morgan fingerprint density at radius 2 is 1.74 bits per heavy atom. The topological polar surface area (TPSA) is 46.5 Å². The molecule has 0 radical (unpaired) electrons. The molecule has 0 aliphatic heterocycles. The van der Waals surface area contributed by atoms with Crippen LogP contribution in [0.3, 0.4) is 0 Å². The van der Waals surface area contributed by atoms with E-state index in [0.29, 0.717) is 5.56 Å². The smallest absolute Gasteiger partial charge is 0.337 e. The van der Waals surface area contributed by atoms with E-state index < -0.39 is 0 Å². The summed E-state index contributed by atoms with van der Waals surface area (Å²) in [6, 6.07) is 15.2. The van der Waals surface area contributed by atoms with E-state index in [1.807, 2.05) is 36.4 Å². The summed E-state index contributed by atoms with van der Waals surface area (Å²) in [5.41, 5.74) is 3.71. The van der Waals surface area contributed by atoms with Gasteiger partial charge in [-0.2, -0.15) is 0 Å².